The maximum atomic E-state index is 13.1. The summed E-state index contributed by atoms with van der Waals surface area (Å²) in [5, 5.41) is 0. The van der Waals surface area contributed by atoms with Gasteiger partial charge in [-0.25, -0.2) is 0 Å². The number of piperidine rings is 1. The summed E-state index contributed by atoms with van der Waals surface area (Å²) in [4.78, 5) is 17.6. The molecule has 3 heterocycles. The first-order chi connectivity index (χ1) is 12.5. The van der Waals surface area contributed by atoms with Gasteiger partial charge in [-0.05, 0) is 64.4 Å². The molecule has 1 spiro atoms. The summed E-state index contributed by atoms with van der Waals surface area (Å²) >= 11 is 0. The standard InChI is InChI=1S/C22H28N2O2/c1-16(2)24-20(18-7-5-4-6-8-18)22(21(24)25)11-13-23(14-12-22)15-19-10-9-17(3)26-19/h4-10,16,20H,11-15H2,1-3H3. The first-order valence-corrected chi connectivity index (χ1v) is 9.67. The van der Waals surface area contributed by atoms with Crippen LogP contribution in [0.1, 0.15) is 49.8 Å². The number of carbonyl (C=O) groups is 1. The van der Waals surface area contributed by atoms with Gasteiger partial charge in [0.25, 0.3) is 0 Å². The third-order valence-corrected chi connectivity index (χ3v) is 6.06. The monoisotopic (exact) mass is 352 g/mol. The molecule has 1 amide bonds. The second kappa shape index (κ2) is 6.58. The van der Waals surface area contributed by atoms with Crippen LogP contribution in [0.4, 0.5) is 0 Å². The summed E-state index contributed by atoms with van der Waals surface area (Å²) in [5.41, 5.74) is 1.05. The zero-order chi connectivity index (χ0) is 18.3. The predicted octanol–water partition coefficient (Wildman–Crippen LogP) is 4.16. The third kappa shape index (κ3) is 2.77. The van der Waals surface area contributed by atoms with Crippen LogP contribution >= 0.6 is 0 Å². The Kier molecular flexibility index (Phi) is 4.39. The highest BCUT2D eigenvalue weighted by molar-refractivity contribution is 5.91. The Morgan fingerprint density at radius 2 is 1.81 bits per heavy atom. The lowest BCUT2D eigenvalue weighted by Crippen LogP contribution is -2.67. The fraction of sp³-hybridized carbons (Fsp3) is 0.500. The number of furan rings is 1. The molecule has 4 heteroatoms. The molecule has 26 heavy (non-hydrogen) atoms. The highest BCUT2D eigenvalue weighted by Gasteiger charge is 2.61. The summed E-state index contributed by atoms with van der Waals surface area (Å²) < 4.78 is 5.72. The minimum atomic E-state index is -0.221. The van der Waals surface area contributed by atoms with E-state index < -0.39 is 0 Å². The van der Waals surface area contributed by atoms with E-state index in [9.17, 15) is 4.79 Å². The summed E-state index contributed by atoms with van der Waals surface area (Å²) in [6.07, 6.45) is 1.85. The number of β-lactam (4-membered cyclic amide) rings is 1. The van der Waals surface area contributed by atoms with Gasteiger partial charge in [0.15, 0.2) is 0 Å². The zero-order valence-electron chi connectivity index (χ0n) is 15.9. The van der Waals surface area contributed by atoms with Crippen LogP contribution in [0.25, 0.3) is 0 Å². The van der Waals surface area contributed by atoms with E-state index in [-0.39, 0.29) is 17.5 Å². The number of amides is 1. The van der Waals surface area contributed by atoms with Crippen LogP contribution in [0.15, 0.2) is 46.9 Å². The average molecular weight is 352 g/mol. The Labute approximate surface area is 155 Å². The molecular formula is C22H28N2O2. The lowest BCUT2D eigenvalue weighted by Gasteiger charge is -2.60. The van der Waals surface area contributed by atoms with E-state index in [0.29, 0.717) is 5.91 Å². The summed E-state index contributed by atoms with van der Waals surface area (Å²) in [7, 11) is 0. The highest BCUT2D eigenvalue weighted by Crippen LogP contribution is 2.56. The van der Waals surface area contributed by atoms with Crippen molar-refractivity contribution in [1.82, 2.24) is 9.80 Å². The van der Waals surface area contributed by atoms with Crippen molar-refractivity contribution in [3.8, 4) is 0 Å². The molecule has 2 aromatic rings. The largest absolute Gasteiger partial charge is 0.465 e. The molecule has 138 valence electrons. The van der Waals surface area contributed by atoms with Crippen LogP contribution in [0.3, 0.4) is 0 Å². The molecule has 1 unspecified atom stereocenters. The number of likely N-dealkylation sites (tertiary alicyclic amines) is 2. The quantitative estimate of drug-likeness (QED) is 0.775. The molecule has 4 nitrogen and oxygen atoms in total. The molecule has 0 bridgehead atoms. The number of hydrogen-bond donors (Lipinski definition) is 0. The molecule has 0 N–H and O–H groups in total. The molecule has 2 aliphatic rings. The van der Waals surface area contributed by atoms with E-state index in [1.165, 1.54) is 5.56 Å². The second-order valence-corrected chi connectivity index (χ2v) is 8.06. The number of aryl methyl sites for hydroxylation is 1. The second-order valence-electron chi connectivity index (χ2n) is 8.06. The van der Waals surface area contributed by atoms with Crippen molar-refractivity contribution < 1.29 is 9.21 Å². The van der Waals surface area contributed by atoms with Crippen LogP contribution in [0.5, 0.6) is 0 Å². The van der Waals surface area contributed by atoms with Crippen molar-refractivity contribution >= 4 is 5.91 Å². The number of rotatable bonds is 4. The average Bonchev–Trinajstić information content (AvgIpc) is 3.05. The lowest BCUT2D eigenvalue weighted by molar-refractivity contribution is -0.185. The fourth-order valence-electron chi connectivity index (χ4n) is 4.73. The molecular weight excluding hydrogens is 324 g/mol. The van der Waals surface area contributed by atoms with Crippen LogP contribution < -0.4 is 0 Å². The Hall–Kier alpha value is -2.07. The molecule has 1 aromatic heterocycles. The smallest absolute Gasteiger partial charge is 0.232 e. The topological polar surface area (TPSA) is 36.7 Å². The fourth-order valence-corrected chi connectivity index (χ4v) is 4.73. The first-order valence-electron chi connectivity index (χ1n) is 9.67. The Morgan fingerprint density at radius 3 is 2.38 bits per heavy atom. The van der Waals surface area contributed by atoms with Crippen molar-refractivity contribution in [2.75, 3.05) is 13.1 Å². The van der Waals surface area contributed by atoms with Crippen molar-refractivity contribution in [1.29, 1.82) is 0 Å². The van der Waals surface area contributed by atoms with Gasteiger partial charge in [-0.15, -0.1) is 0 Å². The van der Waals surface area contributed by atoms with Gasteiger partial charge in [-0.1, -0.05) is 30.3 Å². The molecule has 0 saturated carbocycles. The summed E-state index contributed by atoms with van der Waals surface area (Å²) in [5.74, 6) is 2.32. The van der Waals surface area contributed by atoms with Crippen molar-refractivity contribution in [3.05, 3.63) is 59.5 Å². The molecule has 1 atom stereocenters. The van der Waals surface area contributed by atoms with Crippen molar-refractivity contribution in [2.24, 2.45) is 5.41 Å². The predicted molar refractivity (Wildman–Crippen MR) is 102 cm³/mol. The van der Waals surface area contributed by atoms with E-state index in [4.69, 9.17) is 4.42 Å². The Morgan fingerprint density at radius 1 is 1.12 bits per heavy atom. The Bertz CT molecular complexity index is 772. The number of carbonyl (C=O) groups excluding carboxylic acids is 1. The summed E-state index contributed by atoms with van der Waals surface area (Å²) in [6, 6.07) is 15.1. The normalized spacial score (nSPS) is 22.8. The number of nitrogens with zero attached hydrogens (tertiary/aromatic N) is 2. The van der Waals surface area contributed by atoms with E-state index in [1.807, 2.05) is 19.1 Å². The first kappa shape index (κ1) is 17.3. The Balaban J connectivity index is 1.51. The van der Waals surface area contributed by atoms with E-state index >= 15 is 0 Å². The van der Waals surface area contributed by atoms with Gasteiger partial charge in [0.1, 0.15) is 11.5 Å². The molecule has 2 fully saturated rings. The van der Waals surface area contributed by atoms with E-state index in [1.54, 1.807) is 0 Å². The molecule has 1 aromatic carbocycles. The molecule has 0 aliphatic carbocycles. The van der Waals surface area contributed by atoms with Gasteiger partial charge in [-0.2, -0.15) is 0 Å². The van der Waals surface area contributed by atoms with Crippen molar-refractivity contribution in [3.63, 3.8) is 0 Å². The van der Waals surface area contributed by atoms with Gasteiger partial charge >= 0.3 is 0 Å². The van der Waals surface area contributed by atoms with Crippen LogP contribution in [0.2, 0.25) is 0 Å². The number of benzene rings is 1. The highest BCUT2D eigenvalue weighted by atomic mass is 16.3. The maximum absolute atomic E-state index is 13.1. The van der Waals surface area contributed by atoms with Gasteiger partial charge in [0.2, 0.25) is 5.91 Å². The van der Waals surface area contributed by atoms with Crippen molar-refractivity contribution in [2.45, 2.75) is 52.2 Å². The molecule has 4 rings (SSSR count). The minimum Gasteiger partial charge on any atom is -0.465 e. The van der Waals surface area contributed by atoms with Gasteiger partial charge in [-0.3, -0.25) is 9.69 Å². The SMILES string of the molecule is Cc1ccc(CN2CCC3(CC2)C(=O)N(C(C)C)C3c2ccccc2)o1. The van der Waals surface area contributed by atoms with Crippen LogP contribution in [-0.2, 0) is 11.3 Å². The lowest BCUT2D eigenvalue weighted by atomic mass is 9.62. The third-order valence-electron chi connectivity index (χ3n) is 6.06. The van der Waals surface area contributed by atoms with E-state index in [0.717, 1.165) is 44.0 Å². The van der Waals surface area contributed by atoms with Gasteiger partial charge in [0.05, 0.1) is 18.0 Å². The van der Waals surface area contributed by atoms with Gasteiger partial charge < -0.3 is 9.32 Å². The molecule has 2 aliphatic heterocycles. The number of hydrogen-bond acceptors (Lipinski definition) is 3. The molecule has 2 saturated heterocycles. The zero-order valence-corrected chi connectivity index (χ0v) is 15.9. The van der Waals surface area contributed by atoms with Crippen LogP contribution in [-0.4, -0.2) is 34.8 Å². The molecule has 0 radical (unpaired) electrons. The van der Waals surface area contributed by atoms with Crippen LogP contribution in [0, 0.1) is 12.3 Å². The minimum absolute atomic E-state index is 0.212. The van der Waals surface area contributed by atoms with E-state index in [2.05, 4.69) is 54.0 Å². The summed E-state index contributed by atoms with van der Waals surface area (Å²) in [6.45, 7) is 8.94. The maximum Gasteiger partial charge on any atom is 0.232 e. The van der Waals surface area contributed by atoms with Gasteiger partial charge in [0, 0.05) is 6.04 Å².